The van der Waals surface area contributed by atoms with E-state index < -0.39 is 0 Å². The molecular weight excluding hydrogens is 412 g/mol. The van der Waals surface area contributed by atoms with Crippen molar-refractivity contribution in [2.75, 3.05) is 13.6 Å². The number of carbonyl (C=O) groups is 2. The molecule has 1 atom stereocenters. The number of nitrogens with zero attached hydrogens (tertiary/aromatic N) is 3. The molecule has 0 aliphatic carbocycles. The molecule has 0 fully saturated rings. The van der Waals surface area contributed by atoms with Crippen LogP contribution >= 0.6 is 0 Å². The number of rotatable bonds is 8. The summed E-state index contributed by atoms with van der Waals surface area (Å²) >= 11 is 0. The van der Waals surface area contributed by atoms with E-state index in [0.717, 1.165) is 29.3 Å². The summed E-state index contributed by atoms with van der Waals surface area (Å²) in [5.41, 5.74) is 3.21. The number of aromatic nitrogens is 2. The minimum absolute atomic E-state index is 0.0394. The Balaban J connectivity index is 1.46. The van der Waals surface area contributed by atoms with Crippen molar-refractivity contribution in [3.63, 3.8) is 0 Å². The number of nitrogens with one attached hydrogen (secondary N) is 1. The predicted molar refractivity (Wildman–Crippen MR) is 130 cm³/mol. The van der Waals surface area contributed by atoms with Gasteiger partial charge < -0.3 is 14.8 Å². The van der Waals surface area contributed by atoms with Crippen LogP contribution in [0.2, 0.25) is 0 Å². The van der Waals surface area contributed by atoms with Crippen LogP contribution in [0.1, 0.15) is 45.3 Å². The van der Waals surface area contributed by atoms with E-state index >= 15 is 0 Å². The van der Waals surface area contributed by atoms with Crippen LogP contribution in [0.25, 0.3) is 10.9 Å². The van der Waals surface area contributed by atoms with Crippen LogP contribution in [0.4, 0.5) is 0 Å². The number of benzene rings is 2. The van der Waals surface area contributed by atoms with E-state index in [1.54, 1.807) is 21.7 Å². The monoisotopic (exact) mass is 440 g/mol. The molecule has 0 saturated heterocycles. The van der Waals surface area contributed by atoms with Crippen molar-refractivity contribution < 1.29 is 9.59 Å². The highest BCUT2D eigenvalue weighted by Gasteiger charge is 2.23. The van der Waals surface area contributed by atoms with E-state index in [1.165, 1.54) is 0 Å². The van der Waals surface area contributed by atoms with Gasteiger partial charge in [0.2, 0.25) is 0 Å². The molecule has 0 saturated carbocycles. The van der Waals surface area contributed by atoms with Gasteiger partial charge in [0.15, 0.2) is 0 Å². The summed E-state index contributed by atoms with van der Waals surface area (Å²) in [4.78, 5) is 31.9. The largest absolute Gasteiger partial charge is 0.351 e. The molecule has 1 N–H and O–H groups in total. The summed E-state index contributed by atoms with van der Waals surface area (Å²) in [6.45, 7) is 0.539. The standard InChI is InChI=1S/C27H28N4O2/c1-30-18-8-13-25(30)26(32)29-17-7-12-24(20-9-4-3-5-10-20)31(2)27(33)22-14-15-23-21(19-22)11-6-16-28-23/h3-6,8-11,13-16,18-19,24H,7,12,17H2,1-2H3,(H,29,32)/t24-/m0/s1. The first kappa shape index (κ1) is 22.3. The van der Waals surface area contributed by atoms with Gasteiger partial charge in [-0.2, -0.15) is 0 Å². The van der Waals surface area contributed by atoms with Crippen molar-refractivity contribution in [1.29, 1.82) is 0 Å². The predicted octanol–water partition coefficient (Wildman–Crippen LogP) is 4.60. The van der Waals surface area contributed by atoms with Crippen molar-refractivity contribution in [3.05, 3.63) is 102 Å². The molecule has 0 unspecified atom stereocenters. The minimum Gasteiger partial charge on any atom is -0.351 e. The van der Waals surface area contributed by atoms with Crippen molar-refractivity contribution in [1.82, 2.24) is 19.8 Å². The van der Waals surface area contributed by atoms with Gasteiger partial charge in [-0.1, -0.05) is 36.4 Å². The molecule has 0 spiro atoms. The van der Waals surface area contributed by atoms with E-state index in [4.69, 9.17) is 0 Å². The Morgan fingerprint density at radius 1 is 1.03 bits per heavy atom. The summed E-state index contributed by atoms with van der Waals surface area (Å²) in [6, 6.07) is 23.0. The van der Waals surface area contributed by atoms with Gasteiger partial charge >= 0.3 is 0 Å². The average Bonchev–Trinajstić information content (AvgIpc) is 3.29. The Morgan fingerprint density at radius 2 is 1.85 bits per heavy atom. The lowest BCUT2D eigenvalue weighted by Crippen LogP contribution is -2.32. The lowest BCUT2D eigenvalue weighted by Gasteiger charge is -2.29. The van der Waals surface area contributed by atoms with Gasteiger partial charge in [-0.3, -0.25) is 14.6 Å². The van der Waals surface area contributed by atoms with Crippen molar-refractivity contribution >= 4 is 22.7 Å². The van der Waals surface area contributed by atoms with Gasteiger partial charge in [-0.15, -0.1) is 0 Å². The molecule has 0 radical (unpaired) electrons. The zero-order valence-electron chi connectivity index (χ0n) is 18.9. The molecule has 2 amide bonds. The van der Waals surface area contributed by atoms with Crippen LogP contribution in [0.15, 0.2) is 85.2 Å². The third-order valence-electron chi connectivity index (χ3n) is 5.94. The summed E-state index contributed by atoms with van der Waals surface area (Å²) in [7, 11) is 3.69. The Bertz CT molecular complexity index is 1250. The highest BCUT2D eigenvalue weighted by atomic mass is 16.2. The fourth-order valence-corrected chi connectivity index (χ4v) is 4.10. The molecule has 4 rings (SSSR count). The molecular formula is C27H28N4O2. The number of amides is 2. The molecule has 2 heterocycles. The van der Waals surface area contributed by atoms with Gasteiger partial charge in [0.05, 0.1) is 11.6 Å². The van der Waals surface area contributed by atoms with E-state index in [2.05, 4.69) is 10.3 Å². The number of aryl methyl sites for hydroxylation is 1. The third kappa shape index (κ3) is 5.12. The lowest BCUT2D eigenvalue weighted by molar-refractivity contribution is 0.0719. The minimum atomic E-state index is -0.102. The van der Waals surface area contributed by atoms with Gasteiger partial charge in [0.25, 0.3) is 11.8 Å². The lowest BCUT2D eigenvalue weighted by atomic mass is 9.99. The molecule has 0 aliphatic rings. The van der Waals surface area contributed by atoms with Crippen LogP contribution in [0.3, 0.4) is 0 Å². The maximum absolute atomic E-state index is 13.4. The Hall–Kier alpha value is -3.93. The Morgan fingerprint density at radius 3 is 2.61 bits per heavy atom. The maximum atomic E-state index is 13.4. The highest BCUT2D eigenvalue weighted by molar-refractivity contribution is 5.98. The topological polar surface area (TPSA) is 67.2 Å². The molecule has 0 aliphatic heterocycles. The van der Waals surface area contributed by atoms with Crippen LogP contribution in [-0.4, -0.2) is 39.9 Å². The zero-order chi connectivity index (χ0) is 23.2. The quantitative estimate of drug-likeness (QED) is 0.407. The van der Waals surface area contributed by atoms with Crippen LogP contribution < -0.4 is 5.32 Å². The highest BCUT2D eigenvalue weighted by Crippen LogP contribution is 2.26. The van der Waals surface area contributed by atoms with E-state index in [9.17, 15) is 9.59 Å². The SMILES string of the molecule is CN(C(=O)c1ccc2ncccc2c1)[C@@H](CCCNC(=O)c1cccn1C)c1ccccc1. The molecule has 33 heavy (non-hydrogen) atoms. The van der Waals surface area contributed by atoms with Gasteiger partial charge in [-0.25, -0.2) is 0 Å². The fraction of sp³-hybridized carbons (Fsp3) is 0.222. The van der Waals surface area contributed by atoms with E-state index in [-0.39, 0.29) is 17.9 Å². The normalized spacial score (nSPS) is 11.8. The Labute approximate surface area is 193 Å². The average molecular weight is 441 g/mol. The van der Waals surface area contributed by atoms with Crippen LogP contribution in [0, 0.1) is 0 Å². The molecule has 2 aromatic heterocycles. The van der Waals surface area contributed by atoms with E-state index in [1.807, 2.05) is 87.0 Å². The van der Waals surface area contributed by atoms with Gasteiger partial charge in [0.1, 0.15) is 5.69 Å². The van der Waals surface area contributed by atoms with Crippen LogP contribution in [-0.2, 0) is 7.05 Å². The van der Waals surface area contributed by atoms with Gasteiger partial charge in [0, 0.05) is 44.0 Å². The molecule has 4 aromatic rings. The third-order valence-corrected chi connectivity index (χ3v) is 5.94. The first-order chi connectivity index (χ1) is 16.0. The Kier molecular flexibility index (Phi) is 6.83. The van der Waals surface area contributed by atoms with Crippen molar-refractivity contribution in [2.24, 2.45) is 7.05 Å². The fourth-order valence-electron chi connectivity index (χ4n) is 4.10. The zero-order valence-corrected chi connectivity index (χ0v) is 18.9. The summed E-state index contributed by atoms with van der Waals surface area (Å²) in [5.74, 6) is -0.129. The number of hydrogen-bond acceptors (Lipinski definition) is 3. The summed E-state index contributed by atoms with van der Waals surface area (Å²) in [6.07, 6.45) is 5.07. The van der Waals surface area contributed by atoms with E-state index in [0.29, 0.717) is 17.8 Å². The summed E-state index contributed by atoms with van der Waals surface area (Å²) < 4.78 is 1.80. The summed E-state index contributed by atoms with van der Waals surface area (Å²) in [5, 5.41) is 3.92. The molecule has 6 heteroatoms. The smallest absolute Gasteiger partial charge is 0.267 e. The van der Waals surface area contributed by atoms with Crippen molar-refractivity contribution in [3.8, 4) is 0 Å². The number of fused-ring (bicyclic) bond motifs is 1. The van der Waals surface area contributed by atoms with Crippen LogP contribution in [0.5, 0.6) is 0 Å². The second-order valence-corrected chi connectivity index (χ2v) is 8.16. The second kappa shape index (κ2) is 10.1. The number of carbonyl (C=O) groups excluding carboxylic acids is 2. The van der Waals surface area contributed by atoms with Gasteiger partial charge in [-0.05, 0) is 54.8 Å². The maximum Gasteiger partial charge on any atom is 0.267 e. The molecule has 168 valence electrons. The number of pyridine rings is 1. The second-order valence-electron chi connectivity index (χ2n) is 8.16. The first-order valence-corrected chi connectivity index (χ1v) is 11.1. The first-order valence-electron chi connectivity index (χ1n) is 11.1. The number of hydrogen-bond donors (Lipinski definition) is 1. The molecule has 2 aromatic carbocycles. The molecule has 0 bridgehead atoms. The van der Waals surface area contributed by atoms with Crippen molar-refractivity contribution in [2.45, 2.75) is 18.9 Å². The molecule has 6 nitrogen and oxygen atoms in total.